The summed E-state index contributed by atoms with van der Waals surface area (Å²) in [6.45, 7) is 16.9. The van der Waals surface area contributed by atoms with E-state index in [1.807, 2.05) is 17.1 Å². The molecule has 1 saturated heterocycles. The van der Waals surface area contributed by atoms with Crippen LogP contribution in [0.15, 0.2) is 37.0 Å². The van der Waals surface area contributed by atoms with Gasteiger partial charge in [-0.15, -0.1) is 23.5 Å². The molecule has 1 heterocycles. The van der Waals surface area contributed by atoms with Crippen molar-refractivity contribution in [2.75, 3.05) is 38.7 Å². The number of thiocarbonyl (C=S) groups is 1. The molecule has 1 aliphatic heterocycles. The van der Waals surface area contributed by atoms with Crippen molar-refractivity contribution in [1.29, 1.82) is 0 Å². The maximum Gasteiger partial charge on any atom is 0.230 e. The Morgan fingerprint density at radius 1 is 1.30 bits per heavy atom. The third-order valence-electron chi connectivity index (χ3n) is 6.19. The number of hydrogen-bond acceptors (Lipinski definition) is 6. The number of carbonyl (C=O) groups excluding carboxylic acids is 1. The van der Waals surface area contributed by atoms with Crippen LogP contribution in [0.25, 0.3) is 0 Å². The first kappa shape index (κ1) is 25.7. The smallest absolute Gasteiger partial charge is 0.230 e. The van der Waals surface area contributed by atoms with E-state index in [4.69, 9.17) is 22.1 Å². The summed E-state index contributed by atoms with van der Waals surface area (Å²) in [5.74, 6) is 0.808. The quantitative estimate of drug-likeness (QED) is 0.385. The number of carbonyl (C=O) groups is 1. The molecule has 0 spiro atoms. The molecule has 0 aromatic heterocycles. The first-order chi connectivity index (χ1) is 14.1. The standard InChI is InChI=1S/C23H35NO3S3/c1-6-8-18(7-2)15-22(5)16-23(17-22,19(26)24-9-12-27-13-10-24)21(3,4)30-20(28)29-14-11-25/h6-8,25H,1-2,9-17H2,3-5H3/b18-8+. The number of nitrogens with zero attached hydrogens (tertiary/aromatic N) is 1. The Labute approximate surface area is 195 Å². The SMILES string of the molecule is C=C/C=C(\C=C)CC1(C)CC(C(=O)N2CCOCC2)(C(C)(C)SC(=S)SCCO)C1. The number of amides is 1. The molecule has 0 unspecified atom stereocenters. The van der Waals surface area contributed by atoms with Gasteiger partial charge in [-0.1, -0.05) is 50.5 Å². The van der Waals surface area contributed by atoms with E-state index in [1.165, 1.54) is 11.8 Å². The molecule has 0 bridgehead atoms. The Hall–Kier alpha value is -0.600. The third kappa shape index (κ3) is 5.80. The Morgan fingerprint density at radius 3 is 2.47 bits per heavy atom. The van der Waals surface area contributed by atoms with Gasteiger partial charge in [0.15, 0.2) is 0 Å². The summed E-state index contributed by atoms with van der Waals surface area (Å²) in [5.41, 5.74) is 0.705. The highest BCUT2D eigenvalue weighted by Crippen LogP contribution is 2.66. The Morgan fingerprint density at radius 2 is 1.93 bits per heavy atom. The fraction of sp³-hybridized carbons (Fsp3) is 0.652. The van der Waals surface area contributed by atoms with Crippen LogP contribution in [0.3, 0.4) is 0 Å². The lowest BCUT2D eigenvalue weighted by atomic mass is 9.47. The number of thioether (sulfide) groups is 2. The van der Waals surface area contributed by atoms with E-state index in [9.17, 15) is 4.79 Å². The molecule has 30 heavy (non-hydrogen) atoms. The second-order valence-corrected chi connectivity index (χ2v) is 12.9. The molecule has 1 aliphatic carbocycles. The van der Waals surface area contributed by atoms with Gasteiger partial charge < -0.3 is 14.7 Å². The molecule has 2 rings (SSSR count). The van der Waals surface area contributed by atoms with Gasteiger partial charge in [0.25, 0.3) is 0 Å². The number of aliphatic hydroxyl groups excluding tert-OH is 1. The Bertz CT molecular complexity index is 690. The zero-order valence-corrected chi connectivity index (χ0v) is 20.9. The van der Waals surface area contributed by atoms with Crippen molar-refractivity contribution in [3.63, 3.8) is 0 Å². The molecule has 1 amide bonds. The average molecular weight is 470 g/mol. The monoisotopic (exact) mass is 469 g/mol. The molecule has 0 aromatic carbocycles. The van der Waals surface area contributed by atoms with Crippen molar-refractivity contribution in [3.8, 4) is 0 Å². The normalized spacial score (nSPS) is 27.3. The summed E-state index contributed by atoms with van der Waals surface area (Å²) in [6, 6.07) is 0. The Kier molecular flexibility index (Phi) is 9.25. The predicted octanol–water partition coefficient (Wildman–Crippen LogP) is 4.84. The number of ether oxygens (including phenoxy) is 1. The summed E-state index contributed by atoms with van der Waals surface area (Å²) in [4.78, 5) is 15.8. The van der Waals surface area contributed by atoms with Gasteiger partial charge in [-0.2, -0.15) is 0 Å². The number of aliphatic hydroxyl groups is 1. The van der Waals surface area contributed by atoms with Gasteiger partial charge in [-0.05, 0) is 44.1 Å². The second-order valence-electron chi connectivity index (χ2n) is 8.94. The Balaban J connectivity index is 2.27. The highest BCUT2D eigenvalue weighted by Gasteiger charge is 2.64. The molecule has 7 heteroatoms. The van der Waals surface area contributed by atoms with Gasteiger partial charge in [0, 0.05) is 23.6 Å². The van der Waals surface area contributed by atoms with Crippen molar-refractivity contribution in [1.82, 2.24) is 4.90 Å². The van der Waals surface area contributed by atoms with Gasteiger partial charge in [-0.3, -0.25) is 4.79 Å². The molecule has 2 fully saturated rings. The van der Waals surface area contributed by atoms with Gasteiger partial charge in [0.2, 0.25) is 5.91 Å². The van der Waals surface area contributed by atoms with Gasteiger partial charge >= 0.3 is 0 Å². The molecule has 0 aromatic rings. The van der Waals surface area contributed by atoms with Crippen LogP contribution in [0.4, 0.5) is 0 Å². The number of hydrogen-bond donors (Lipinski definition) is 1. The molecule has 4 nitrogen and oxygen atoms in total. The maximum absolute atomic E-state index is 13.8. The van der Waals surface area contributed by atoms with Crippen LogP contribution >= 0.6 is 35.7 Å². The zero-order valence-electron chi connectivity index (χ0n) is 18.4. The summed E-state index contributed by atoms with van der Waals surface area (Å²) < 4.78 is 5.91. The largest absolute Gasteiger partial charge is 0.396 e. The number of rotatable bonds is 9. The molecule has 1 saturated carbocycles. The first-order valence-corrected chi connectivity index (χ1v) is 12.6. The molecule has 168 valence electrons. The molecule has 1 N–H and O–H groups in total. The van der Waals surface area contributed by atoms with Crippen LogP contribution in [0, 0.1) is 10.8 Å². The van der Waals surface area contributed by atoms with Crippen molar-refractivity contribution < 1.29 is 14.6 Å². The number of morpholine rings is 1. The second kappa shape index (κ2) is 10.8. The van der Waals surface area contributed by atoms with E-state index >= 15 is 0 Å². The van der Waals surface area contributed by atoms with E-state index in [2.05, 4.69) is 33.9 Å². The molecule has 2 aliphatic rings. The van der Waals surface area contributed by atoms with Crippen LogP contribution in [-0.4, -0.2) is 62.9 Å². The van der Waals surface area contributed by atoms with Crippen LogP contribution in [0.1, 0.15) is 40.0 Å². The molecule has 0 radical (unpaired) electrons. The fourth-order valence-corrected chi connectivity index (χ4v) is 7.83. The topological polar surface area (TPSA) is 49.8 Å². The van der Waals surface area contributed by atoms with Gasteiger partial charge in [-0.25, -0.2) is 0 Å². The lowest BCUT2D eigenvalue weighted by Gasteiger charge is -2.61. The summed E-state index contributed by atoms with van der Waals surface area (Å²) >= 11 is 8.66. The lowest BCUT2D eigenvalue weighted by molar-refractivity contribution is -0.165. The highest BCUT2D eigenvalue weighted by molar-refractivity contribution is 8.47. The van der Waals surface area contributed by atoms with Crippen LogP contribution in [0.5, 0.6) is 0 Å². The minimum Gasteiger partial charge on any atom is -0.396 e. The van der Waals surface area contributed by atoms with E-state index < -0.39 is 5.41 Å². The fourth-order valence-electron chi connectivity index (χ4n) is 4.74. The molecular formula is C23H35NO3S3. The van der Waals surface area contributed by atoms with Crippen molar-refractivity contribution in [2.24, 2.45) is 10.8 Å². The summed E-state index contributed by atoms with van der Waals surface area (Å²) in [7, 11) is 0. The summed E-state index contributed by atoms with van der Waals surface area (Å²) in [5, 5.41) is 9.13. The van der Waals surface area contributed by atoms with E-state index in [1.54, 1.807) is 17.8 Å². The first-order valence-electron chi connectivity index (χ1n) is 10.4. The van der Waals surface area contributed by atoms with Crippen LogP contribution in [0.2, 0.25) is 0 Å². The third-order valence-corrected chi connectivity index (χ3v) is 9.09. The highest BCUT2D eigenvalue weighted by atomic mass is 32.2. The van der Waals surface area contributed by atoms with Crippen molar-refractivity contribution in [2.45, 2.75) is 44.8 Å². The van der Waals surface area contributed by atoms with Crippen molar-refractivity contribution >= 4 is 45.2 Å². The van der Waals surface area contributed by atoms with Crippen LogP contribution in [-0.2, 0) is 9.53 Å². The predicted molar refractivity (Wildman–Crippen MR) is 134 cm³/mol. The van der Waals surface area contributed by atoms with Crippen molar-refractivity contribution in [3.05, 3.63) is 37.0 Å². The van der Waals surface area contributed by atoms with E-state index in [0.717, 1.165) is 28.4 Å². The molecular weight excluding hydrogens is 434 g/mol. The van der Waals surface area contributed by atoms with E-state index in [-0.39, 0.29) is 22.7 Å². The average Bonchev–Trinajstić information content (AvgIpc) is 2.69. The zero-order chi connectivity index (χ0) is 22.4. The lowest BCUT2D eigenvalue weighted by Crippen LogP contribution is -2.64. The van der Waals surface area contributed by atoms with E-state index in [0.29, 0.717) is 32.1 Å². The van der Waals surface area contributed by atoms with Crippen LogP contribution < -0.4 is 0 Å². The minimum absolute atomic E-state index is 0.0304. The number of allylic oxidation sites excluding steroid dienone is 4. The van der Waals surface area contributed by atoms with Gasteiger partial charge in [0.05, 0.1) is 25.2 Å². The molecule has 0 atom stereocenters. The maximum atomic E-state index is 13.8. The summed E-state index contributed by atoms with van der Waals surface area (Å²) in [6.07, 6.45) is 8.18. The van der Waals surface area contributed by atoms with Gasteiger partial charge in [0.1, 0.15) is 3.53 Å². The minimum atomic E-state index is -0.478.